The molecule has 8 heteroatoms. The number of carbonyl (C=O) groups excluding carboxylic acids is 1. The highest BCUT2D eigenvalue weighted by molar-refractivity contribution is 8.08. The molecule has 0 spiro atoms. The summed E-state index contributed by atoms with van der Waals surface area (Å²) in [6, 6.07) is 17.5. The molecule has 0 bridgehead atoms. The maximum Gasteiger partial charge on any atom is 0.318 e. The van der Waals surface area contributed by atoms with Crippen LogP contribution in [-0.4, -0.2) is 22.9 Å². The van der Waals surface area contributed by atoms with E-state index in [1.54, 1.807) is 62.0 Å². The zero-order valence-electron chi connectivity index (χ0n) is 18.2. The minimum Gasteiger partial charge on any atom is -0.457 e. The molecule has 1 aliphatic heterocycles. The molecule has 174 valence electrons. The monoisotopic (exact) mass is 491 g/mol. The van der Waals surface area contributed by atoms with E-state index in [-0.39, 0.29) is 0 Å². The van der Waals surface area contributed by atoms with Crippen LogP contribution in [0.25, 0.3) is 0 Å². The van der Waals surface area contributed by atoms with Gasteiger partial charge in [-0.2, -0.15) is 5.26 Å². The first-order chi connectivity index (χ1) is 15.7. The fourth-order valence-corrected chi connectivity index (χ4v) is 4.28. The Morgan fingerprint density at radius 1 is 1.24 bits per heavy atom. The number of alkyl halides is 3. The third-order valence-corrected chi connectivity index (χ3v) is 7.28. The normalized spacial score (nSPS) is 25.0. The summed E-state index contributed by atoms with van der Waals surface area (Å²) in [6.45, 7) is 6.72. The summed E-state index contributed by atoms with van der Waals surface area (Å²) in [5, 5.41) is 9.53. The Morgan fingerprint density at radius 2 is 1.85 bits per heavy atom. The summed E-state index contributed by atoms with van der Waals surface area (Å²) >= 11 is 7.14. The van der Waals surface area contributed by atoms with Crippen molar-refractivity contribution in [3.63, 3.8) is 0 Å². The molecule has 2 aromatic carbocycles. The Kier molecular flexibility index (Phi) is 7.71. The molecule has 1 heterocycles. The third-order valence-electron chi connectivity index (χ3n) is 5.94. The topological polar surface area (TPSA) is 59.3 Å². The Labute approximate surface area is 201 Å². The van der Waals surface area contributed by atoms with Crippen LogP contribution >= 0.6 is 23.4 Å². The predicted octanol–water partition coefficient (Wildman–Crippen LogP) is 6.98. The van der Waals surface area contributed by atoms with Crippen molar-refractivity contribution in [3.05, 3.63) is 72.8 Å². The van der Waals surface area contributed by atoms with Crippen LogP contribution in [-0.2, 0) is 9.53 Å². The van der Waals surface area contributed by atoms with E-state index in [0.29, 0.717) is 21.8 Å². The van der Waals surface area contributed by atoms with Crippen LogP contribution in [0.5, 0.6) is 11.5 Å². The van der Waals surface area contributed by atoms with E-state index in [1.165, 1.54) is 11.8 Å². The fourth-order valence-electron chi connectivity index (χ4n) is 3.99. The van der Waals surface area contributed by atoms with Crippen LogP contribution in [0, 0.1) is 28.1 Å². The fraction of sp³-hybridized carbons (Fsp3) is 0.360. The van der Waals surface area contributed by atoms with Gasteiger partial charge in [0.2, 0.25) is 12.5 Å². The second kappa shape index (κ2) is 10.1. The number of hydrogen-bond acceptors (Lipinski definition) is 5. The quantitative estimate of drug-likeness (QED) is 0.181. The molecule has 4 atom stereocenters. The number of nitriles is 1. The summed E-state index contributed by atoms with van der Waals surface area (Å²) in [5.74, 6) is 0.165. The highest BCUT2D eigenvalue weighted by Gasteiger charge is 2.78. The molecule has 0 aromatic heterocycles. The average molecular weight is 492 g/mol. The number of hydrogen-bond donors (Lipinski definition) is 0. The molecule has 4 rings (SSSR count). The van der Waals surface area contributed by atoms with Gasteiger partial charge in [-0.25, -0.2) is 8.78 Å². The smallest absolute Gasteiger partial charge is 0.318 e. The van der Waals surface area contributed by atoms with Crippen molar-refractivity contribution >= 4 is 29.3 Å². The zero-order chi connectivity index (χ0) is 24.2. The molecule has 1 saturated heterocycles. The van der Waals surface area contributed by atoms with Gasteiger partial charge in [-0.15, -0.1) is 29.9 Å². The van der Waals surface area contributed by atoms with Crippen molar-refractivity contribution in [2.24, 2.45) is 16.7 Å². The van der Waals surface area contributed by atoms with Crippen molar-refractivity contribution in [1.82, 2.24) is 0 Å². The van der Waals surface area contributed by atoms with E-state index in [1.807, 2.05) is 24.3 Å². The van der Waals surface area contributed by atoms with Gasteiger partial charge in [-0.3, -0.25) is 4.79 Å². The Morgan fingerprint density at radius 3 is 2.33 bits per heavy atom. The summed E-state index contributed by atoms with van der Waals surface area (Å²) in [5.41, 5.74) is -2.13. The molecular formula is C25H24ClF2NO3S. The van der Waals surface area contributed by atoms with Crippen LogP contribution in [0.2, 0.25) is 0 Å². The number of thioether (sulfide) groups is 1. The van der Waals surface area contributed by atoms with Gasteiger partial charge in [0.15, 0.2) is 0 Å². The maximum absolute atomic E-state index is 13.4. The maximum atomic E-state index is 13.4. The molecule has 1 aliphatic carbocycles. The standard InChI is InChI=1S/C23H21F2NO3.C2H3ClS/c1-4-23(19(20(24)25)22(23,2)3)21(27)29-18(14-26)15-9-8-12-17(13-15)28-16-10-6-5-7-11-16;3-2-1-4-2/h4-13,18-20H,1H2,2-3H3;2H,1H2. The predicted molar refractivity (Wildman–Crippen MR) is 125 cm³/mol. The molecule has 2 aromatic rings. The molecule has 0 N–H and O–H groups in total. The number of carbonyl (C=O) groups is 1. The summed E-state index contributed by atoms with van der Waals surface area (Å²) in [6.07, 6.45) is -2.73. The van der Waals surface area contributed by atoms with Gasteiger partial charge in [-0.05, 0) is 29.7 Å². The first-order valence-corrected chi connectivity index (χ1v) is 11.8. The molecule has 4 nitrogen and oxygen atoms in total. The van der Waals surface area contributed by atoms with Gasteiger partial charge < -0.3 is 9.47 Å². The lowest BCUT2D eigenvalue weighted by atomic mass is 9.96. The molecule has 2 aliphatic rings. The van der Waals surface area contributed by atoms with Crippen LogP contribution in [0.4, 0.5) is 8.78 Å². The summed E-state index contributed by atoms with van der Waals surface area (Å²) < 4.78 is 38.4. The third kappa shape index (κ3) is 5.34. The number of nitrogens with zero attached hydrogens (tertiary/aromatic N) is 1. The van der Waals surface area contributed by atoms with Crippen LogP contribution < -0.4 is 4.74 Å². The lowest BCUT2D eigenvalue weighted by Crippen LogP contribution is -2.25. The molecule has 0 radical (unpaired) electrons. The first kappa shape index (κ1) is 25.1. The Balaban J connectivity index is 0.000000690. The van der Waals surface area contributed by atoms with Gasteiger partial charge in [0.05, 0.1) is 4.71 Å². The largest absolute Gasteiger partial charge is 0.457 e. The van der Waals surface area contributed by atoms with Crippen molar-refractivity contribution in [2.45, 2.75) is 31.1 Å². The van der Waals surface area contributed by atoms with Crippen molar-refractivity contribution < 1.29 is 23.0 Å². The number of halogens is 3. The first-order valence-electron chi connectivity index (χ1n) is 10.3. The van der Waals surface area contributed by atoms with Gasteiger partial charge in [0, 0.05) is 17.2 Å². The van der Waals surface area contributed by atoms with Gasteiger partial charge in [0.25, 0.3) is 0 Å². The second-order valence-electron chi connectivity index (χ2n) is 8.25. The molecule has 1 saturated carbocycles. The van der Waals surface area contributed by atoms with Crippen LogP contribution in [0.1, 0.15) is 25.5 Å². The number of benzene rings is 2. The molecular weight excluding hydrogens is 468 g/mol. The van der Waals surface area contributed by atoms with E-state index in [9.17, 15) is 18.8 Å². The highest BCUT2D eigenvalue weighted by atomic mass is 35.5. The molecule has 4 unspecified atom stereocenters. The lowest BCUT2D eigenvalue weighted by molar-refractivity contribution is -0.153. The van der Waals surface area contributed by atoms with Crippen molar-refractivity contribution in [2.75, 3.05) is 5.75 Å². The number of ether oxygens (including phenoxy) is 2. The van der Waals surface area contributed by atoms with Crippen molar-refractivity contribution in [3.8, 4) is 17.6 Å². The zero-order valence-corrected chi connectivity index (χ0v) is 19.8. The molecule has 2 fully saturated rings. The number of esters is 1. The van der Waals surface area contributed by atoms with E-state index >= 15 is 0 Å². The minimum atomic E-state index is -2.70. The van der Waals surface area contributed by atoms with Gasteiger partial charge in [0.1, 0.15) is 23.0 Å². The average Bonchev–Trinajstić information content (AvgIpc) is 3.68. The number of para-hydroxylation sites is 1. The Bertz CT molecular complexity index is 1040. The van der Waals surface area contributed by atoms with Crippen molar-refractivity contribution in [1.29, 1.82) is 5.26 Å². The van der Waals surface area contributed by atoms with E-state index < -0.39 is 35.2 Å². The molecule has 0 amide bonds. The van der Waals surface area contributed by atoms with Gasteiger partial charge in [-0.1, -0.05) is 50.3 Å². The SMILES string of the molecule is C=CC1(C(=O)OC(C#N)c2cccc(Oc3ccccc3)c2)C(C(F)F)C1(C)C.ClC1CS1. The molecule has 33 heavy (non-hydrogen) atoms. The summed E-state index contributed by atoms with van der Waals surface area (Å²) in [4.78, 5) is 12.8. The Hall–Kier alpha value is -2.56. The van der Waals surface area contributed by atoms with E-state index in [4.69, 9.17) is 21.1 Å². The summed E-state index contributed by atoms with van der Waals surface area (Å²) in [7, 11) is 0. The van der Waals surface area contributed by atoms with Crippen LogP contribution in [0.15, 0.2) is 67.3 Å². The van der Waals surface area contributed by atoms with Crippen LogP contribution in [0.3, 0.4) is 0 Å². The van der Waals surface area contributed by atoms with Gasteiger partial charge >= 0.3 is 5.97 Å². The highest BCUT2D eigenvalue weighted by Crippen LogP contribution is 2.72. The lowest BCUT2D eigenvalue weighted by Gasteiger charge is -2.18. The number of rotatable bonds is 7. The van der Waals surface area contributed by atoms with E-state index in [2.05, 4.69) is 6.58 Å². The van der Waals surface area contributed by atoms with E-state index in [0.717, 1.165) is 0 Å². The minimum absolute atomic E-state index is 0.389. The second-order valence-corrected chi connectivity index (χ2v) is 10.3.